The molecule has 5 heteroatoms. The highest BCUT2D eigenvalue weighted by molar-refractivity contribution is 5.42. The lowest BCUT2D eigenvalue weighted by Gasteiger charge is -2.28. The number of hydrogen-bond acceptors (Lipinski definition) is 4. The largest absolute Gasteiger partial charge is 0.364 e. The molecule has 0 spiro atoms. The molecule has 0 bridgehead atoms. The van der Waals surface area contributed by atoms with E-state index in [1.165, 1.54) is 12.6 Å². The van der Waals surface area contributed by atoms with Crippen molar-refractivity contribution in [3.63, 3.8) is 0 Å². The molecule has 1 aliphatic rings. The number of halogens is 1. The summed E-state index contributed by atoms with van der Waals surface area (Å²) >= 11 is 0. The summed E-state index contributed by atoms with van der Waals surface area (Å²) in [6, 6.07) is 0.274. The van der Waals surface area contributed by atoms with Gasteiger partial charge in [-0.05, 0) is 24.7 Å². The molecule has 0 aromatic carbocycles. The number of aromatic nitrogens is 2. The first-order chi connectivity index (χ1) is 9.03. The van der Waals surface area contributed by atoms with Crippen molar-refractivity contribution in [2.75, 3.05) is 17.2 Å². The minimum Gasteiger partial charge on any atom is -0.364 e. The highest BCUT2D eigenvalue weighted by Crippen LogP contribution is 2.39. The van der Waals surface area contributed by atoms with Crippen LogP contribution in [0.5, 0.6) is 0 Å². The maximum Gasteiger partial charge on any atom is 0.224 e. The first-order valence-corrected chi connectivity index (χ1v) is 7.06. The van der Waals surface area contributed by atoms with Crippen LogP contribution >= 0.6 is 0 Å². The zero-order valence-electron chi connectivity index (χ0n) is 12.0. The SMILES string of the molecule is CCCNc1ncc(F)c(NC2CCCC2(C)C)n1. The van der Waals surface area contributed by atoms with E-state index in [2.05, 4.69) is 41.4 Å². The van der Waals surface area contributed by atoms with Gasteiger partial charge in [-0.3, -0.25) is 0 Å². The third-order valence-electron chi connectivity index (χ3n) is 3.85. The molecule has 1 heterocycles. The van der Waals surface area contributed by atoms with E-state index in [1.807, 2.05) is 0 Å². The summed E-state index contributed by atoms with van der Waals surface area (Å²) in [5.74, 6) is 0.417. The monoisotopic (exact) mass is 266 g/mol. The van der Waals surface area contributed by atoms with Crippen molar-refractivity contribution in [2.45, 2.75) is 52.5 Å². The van der Waals surface area contributed by atoms with Crippen LogP contribution in [0.1, 0.15) is 46.5 Å². The van der Waals surface area contributed by atoms with Gasteiger partial charge in [0.15, 0.2) is 11.6 Å². The molecule has 19 heavy (non-hydrogen) atoms. The van der Waals surface area contributed by atoms with Gasteiger partial charge in [-0.25, -0.2) is 9.37 Å². The number of rotatable bonds is 5. The average Bonchev–Trinajstić information content (AvgIpc) is 2.70. The molecule has 1 aromatic heterocycles. The fraction of sp³-hybridized carbons (Fsp3) is 0.714. The summed E-state index contributed by atoms with van der Waals surface area (Å²) in [7, 11) is 0. The van der Waals surface area contributed by atoms with Crippen molar-refractivity contribution in [1.82, 2.24) is 9.97 Å². The molecule has 0 aliphatic heterocycles. The van der Waals surface area contributed by atoms with Gasteiger partial charge in [0.25, 0.3) is 0 Å². The summed E-state index contributed by atoms with van der Waals surface area (Å²) in [4.78, 5) is 8.18. The minimum atomic E-state index is -0.384. The average molecular weight is 266 g/mol. The second-order valence-corrected chi connectivity index (χ2v) is 5.89. The van der Waals surface area contributed by atoms with Crippen LogP contribution in [0.3, 0.4) is 0 Å². The van der Waals surface area contributed by atoms with E-state index in [4.69, 9.17) is 0 Å². The van der Waals surface area contributed by atoms with Gasteiger partial charge >= 0.3 is 0 Å². The lowest BCUT2D eigenvalue weighted by Crippen LogP contribution is -2.31. The zero-order chi connectivity index (χ0) is 13.9. The summed E-state index contributed by atoms with van der Waals surface area (Å²) in [6.07, 6.45) is 5.62. The van der Waals surface area contributed by atoms with Gasteiger partial charge in [-0.15, -0.1) is 0 Å². The molecule has 1 aliphatic carbocycles. The highest BCUT2D eigenvalue weighted by Gasteiger charge is 2.35. The maximum atomic E-state index is 13.8. The predicted molar refractivity (Wildman–Crippen MR) is 75.8 cm³/mol. The van der Waals surface area contributed by atoms with Crippen molar-refractivity contribution in [3.8, 4) is 0 Å². The fourth-order valence-corrected chi connectivity index (χ4v) is 2.55. The standard InChI is InChI=1S/C14H23FN4/c1-4-8-16-13-17-9-10(15)12(19-13)18-11-6-5-7-14(11,2)3/h9,11H,4-8H2,1-3H3,(H2,16,17,18,19). The van der Waals surface area contributed by atoms with E-state index in [1.54, 1.807) is 0 Å². The molecule has 106 valence electrons. The summed E-state index contributed by atoms with van der Waals surface area (Å²) in [5, 5.41) is 6.33. The van der Waals surface area contributed by atoms with Gasteiger partial charge in [0.2, 0.25) is 5.95 Å². The molecule has 0 saturated heterocycles. The number of nitrogens with zero attached hydrogens (tertiary/aromatic N) is 2. The molecular formula is C14H23FN4. The van der Waals surface area contributed by atoms with Gasteiger partial charge in [-0.1, -0.05) is 27.2 Å². The minimum absolute atomic E-state index is 0.189. The third-order valence-corrected chi connectivity index (χ3v) is 3.85. The Labute approximate surface area is 114 Å². The Balaban J connectivity index is 2.10. The van der Waals surface area contributed by atoms with E-state index in [9.17, 15) is 4.39 Å². The van der Waals surface area contributed by atoms with Crippen molar-refractivity contribution < 1.29 is 4.39 Å². The van der Waals surface area contributed by atoms with Crippen LogP contribution in [0.25, 0.3) is 0 Å². The Morgan fingerprint density at radius 3 is 2.89 bits per heavy atom. The lowest BCUT2D eigenvalue weighted by atomic mass is 9.87. The van der Waals surface area contributed by atoms with Crippen molar-refractivity contribution >= 4 is 11.8 Å². The van der Waals surface area contributed by atoms with Crippen molar-refractivity contribution in [2.24, 2.45) is 5.41 Å². The van der Waals surface area contributed by atoms with Crippen molar-refractivity contribution in [3.05, 3.63) is 12.0 Å². The Bertz CT molecular complexity index is 433. The maximum absolute atomic E-state index is 13.8. The molecule has 1 aromatic rings. The van der Waals surface area contributed by atoms with E-state index < -0.39 is 0 Å². The van der Waals surface area contributed by atoms with Gasteiger partial charge < -0.3 is 10.6 Å². The van der Waals surface area contributed by atoms with Crippen LogP contribution in [0.2, 0.25) is 0 Å². The number of hydrogen-bond donors (Lipinski definition) is 2. The Morgan fingerprint density at radius 2 is 2.26 bits per heavy atom. The molecule has 1 unspecified atom stereocenters. The number of anilines is 2. The topological polar surface area (TPSA) is 49.8 Å². The predicted octanol–water partition coefficient (Wildman–Crippen LogP) is 3.43. The van der Waals surface area contributed by atoms with Gasteiger partial charge in [0.1, 0.15) is 0 Å². The first-order valence-electron chi connectivity index (χ1n) is 7.06. The van der Waals surface area contributed by atoms with E-state index >= 15 is 0 Å². The van der Waals surface area contributed by atoms with Gasteiger partial charge in [-0.2, -0.15) is 4.98 Å². The molecule has 1 saturated carbocycles. The Hall–Kier alpha value is -1.39. The fourth-order valence-electron chi connectivity index (χ4n) is 2.55. The van der Waals surface area contributed by atoms with Crippen LogP contribution in [0.15, 0.2) is 6.20 Å². The van der Waals surface area contributed by atoms with Gasteiger partial charge in [0.05, 0.1) is 6.20 Å². The summed E-state index contributed by atoms with van der Waals surface area (Å²) < 4.78 is 13.8. The van der Waals surface area contributed by atoms with Gasteiger partial charge in [0, 0.05) is 12.6 Å². The first kappa shape index (κ1) is 14.0. The van der Waals surface area contributed by atoms with Crippen LogP contribution in [0, 0.1) is 11.2 Å². The molecule has 1 atom stereocenters. The summed E-state index contributed by atoms with van der Waals surface area (Å²) in [6.45, 7) is 7.29. The molecule has 2 rings (SSSR count). The van der Waals surface area contributed by atoms with Crippen LogP contribution in [0.4, 0.5) is 16.2 Å². The number of nitrogens with one attached hydrogen (secondary N) is 2. The molecular weight excluding hydrogens is 243 g/mol. The quantitative estimate of drug-likeness (QED) is 0.857. The molecule has 0 radical (unpaired) electrons. The smallest absolute Gasteiger partial charge is 0.224 e. The summed E-state index contributed by atoms with van der Waals surface area (Å²) in [5.41, 5.74) is 0.189. The molecule has 0 amide bonds. The van der Waals surface area contributed by atoms with E-state index in [0.717, 1.165) is 25.8 Å². The van der Waals surface area contributed by atoms with Crippen molar-refractivity contribution in [1.29, 1.82) is 0 Å². The third kappa shape index (κ3) is 3.33. The highest BCUT2D eigenvalue weighted by atomic mass is 19.1. The van der Waals surface area contributed by atoms with Crippen LogP contribution < -0.4 is 10.6 Å². The van der Waals surface area contributed by atoms with Crippen LogP contribution in [-0.4, -0.2) is 22.6 Å². The molecule has 2 N–H and O–H groups in total. The second-order valence-electron chi connectivity index (χ2n) is 5.89. The van der Waals surface area contributed by atoms with E-state index in [-0.39, 0.29) is 17.3 Å². The van der Waals surface area contributed by atoms with Crippen LogP contribution in [-0.2, 0) is 0 Å². The normalized spacial score (nSPS) is 21.4. The zero-order valence-corrected chi connectivity index (χ0v) is 12.0. The molecule has 1 fully saturated rings. The molecule has 4 nitrogen and oxygen atoms in total. The Morgan fingerprint density at radius 1 is 1.47 bits per heavy atom. The second kappa shape index (κ2) is 5.72. The lowest BCUT2D eigenvalue weighted by molar-refractivity contribution is 0.348. The Kier molecular flexibility index (Phi) is 4.22. The van der Waals surface area contributed by atoms with E-state index in [0.29, 0.717) is 11.8 Å².